The summed E-state index contributed by atoms with van der Waals surface area (Å²) in [5.41, 5.74) is -4.55. The third-order valence-corrected chi connectivity index (χ3v) is 6.54. The van der Waals surface area contributed by atoms with E-state index in [4.69, 9.17) is 0 Å². The van der Waals surface area contributed by atoms with Crippen molar-refractivity contribution in [1.82, 2.24) is 15.2 Å². The summed E-state index contributed by atoms with van der Waals surface area (Å²) in [4.78, 5) is 19.8. The van der Waals surface area contributed by atoms with Crippen LogP contribution in [0.15, 0.2) is 40.9 Å². The Balaban J connectivity index is 1.71. The van der Waals surface area contributed by atoms with E-state index in [-0.39, 0.29) is 28.4 Å². The molecule has 3 heterocycles. The predicted molar refractivity (Wildman–Crippen MR) is 106 cm³/mol. The molecule has 0 aromatic carbocycles. The van der Waals surface area contributed by atoms with Crippen LogP contribution in [0.5, 0.6) is 0 Å². The second kappa shape index (κ2) is 9.28. The number of alkyl halides is 3. The molecule has 1 unspecified atom stereocenters. The van der Waals surface area contributed by atoms with Crippen molar-refractivity contribution < 1.29 is 18.0 Å². The molecule has 2 aromatic rings. The van der Waals surface area contributed by atoms with E-state index in [9.17, 15) is 18.0 Å². The minimum atomic E-state index is -4.49. The van der Waals surface area contributed by atoms with Gasteiger partial charge in [-0.25, -0.2) is 4.98 Å². The van der Waals surface area contributed by atoms with E-state index in [0.29, 0.717) is 12.5 Å². The SMILES string of the molecule is CC1CCN(C(CNC(=O)c2cccnc2SC(F)(F)F)c2cccs2)CC1. The lowest BCUT2D eigenvalue weighted by atomic mass is 9.97. The fourth-order valence-corrected chi connectivity index (χ4v) is 4.73. The summed E-state index contributed by atoms with van der Waals surface area (Å²) < 4.78 is 38.2. The van der Waals surface area contributed by atoms with Crippen LogP contribution in [0, 0.1) is 5.92 Å². The molecular formula is C19H22F3N3OS2. The number of pyridine rings is 1. The predicted octanol–water partition coefficient (Wildman–Crippen LogP) is 4.96. The van der Waals surface area contributed by atoms with Crippen LogP contribution in [0.2, 0.25) is 0 Å². The van der Waals surface area contributed by atoms with E-state index >= 15 is 0 Å². The number of rotatable bonds is 6. The summed E-state index contributed by atoms with van der Waals surface area (Å²) >= 11 is 1.26. The smallest absolute Gasteiger partial charge is 0.350 e. The van der Waals surface area contributed by atoms with Crippen LogP contribution in [-0.2, 0) is 0 Å². The molecule has 0 bridgehead atoms. The summed E-state index contributed by atoms with van der Waals surface area (Å²) in [6, 6.07) is 6.87. The highest BCUT2D eigenvalue weighted by atomic mass is 32.2. The average Bonchev–Trinajstić information content (AvgIpc) is 3.17. The lowest BCUT2D eigenvalue weighted by Crippen LogP contribution is -2.41. The third-order valence-electron chi connectivity index (χ3n) is 4.81. The maximum atomic E-state index is 12.7. The van der Waals surface area contributed by atoms with Gasteiger partial charge in [-0.3, -0.25) is 9.69 Å². The van der Waals surface area contributed by atoms with Crippen molar-refractivity contribution >= 4 is 29.0 Å². The standard InChI is InChI=1S/C19H22F3N3OS2/c1-13-6-9-25(10-7-13)15(16-5-3-11-27-16)12-24-17(26)14-4-2-8-23-18(14)28-19(20,21)22/h2-5,8,11,13,15H,6-7,9-10,12H2,1H3,(H,24,26). The summed E-state index contributed by atoms with van der Waals surface area (Å²) in [7, 11) is 0. The first kappa shape index (κ1) is 21.1. The normalized spacial score (nSPS) is 17.4. The lowest BCUT2D eigenvalue weighted by Gasteiger charge is -2.36. The van der Waals surface area contributed by atoms with Crippen LogP contribution >= 0.6 is 23.1 Å². The summed E-state index contributed by atoms with van der Waals surface area (Å²) in [5, 5.41) is 4.50. The molecule has 9 heteroatoms. The molecule has 1 aliphatic rings. The quantitative estimate of drug-likeness (QED) is 0.660. The van der Waals surface area contributed by atoms with Gasteiger partial charge in [0.05, 0.1) is 11.6 Å². The number of thioether (sulfide) groups is 1. The maximum Gasteiger partial charge on any atom is 0.447 e. The Labute approximate surface area is 170 Å². The lowest BCUT2D eigenvalue weighted by molar-refractivity contribution is -0.0329. The largest absolute Gasteiger partial charge is 0.447 e. The zero-order chi connectivity index (χ0) is 20.1. The first-order valence-electron chi connectivity index (χ1n) is 9.10. The molecule has 28 heavy (non-hydrogen) atoms. The van der Waals surface area contributed by atoms with E-state index in [0.717, 1.165) is 30.8 Å². The van der Waals surface area contributed by atoms with Crippen molar-refractivity contribution in [3.63, 3.8) is 0 Å². The van der Waals surface area contributed by atoms with Gasteiger partial charge in [-0.15, -0.1) is 11.3 Å². The van der Waals surface area contributed by atoms with Gasteiger partial charge < -0.3 is 5.32 Å². The van der Waals surface area contributed by atoms with Crippen molar-refractivity contribution in [2.75, 3.05) is 19.6 Å². The fraction of sp³-hybridized carbons (Fsp3) is 0.474. The van der Waals surface area contributed by atoms with Crippen molar-refractivity contribution in [3.05, 3.63) is 46.3 Å². The van der Waals surface area contributed by atoms with Gasteiger partial charge in [0, 0.05) is 29.4 Å². The molecular weight excluding hydrogens is 407 g/mol. The average molecular weight is 430 g/mol. The number of thiophene rings is 1. The number of hydrogen-bond acceptors (Lipinski definition) is 5. The first-order chi connectivity index (χ1) is 13.3. The Morgan fingerprint density at radius 2 is 2.11 bits per heavy atom. The van der Waals surface area contributed by atoms with Crippen molar-refractivity contribution in [2.24, 2.45) is 5.92 Å². The Kier molecular flexibility index (Phi) is 7.00. The summed E-state index contributed by atoms with van der Waals surface area (Å²) in [6.07, 6.45) is 3.46. The monoisotopic (exact) mass is 429 g/mol. The van der Waals surface area contributed by atoms with Crippen LogP contribution in [-0.4, -0.2) is 40.9 Å². The van der Waals surface area contributed by atoms with Crippen LogP contribution < -0.4 is 5.32 Å². The molecule has 1 saturated heterocycles. The van der Waals surface area contributed by atoms with Gasteiger partial charge in [-0.1, -0.05) is 13.0 Å². The first-order valence-corrected chi connectivity index (χ1v) is 10.8. The Morgan fingerprint density at radius 3 is 2.75 bits per heavy atom. The highest BCUT2D eigenvalue weighted by molar-refractivity contribution is 8.00. The number of halogens is 3. The van der Waals surface area contributed by atoms with E-state index in [2.05, 4.69) is 22.1 Å². The van der Waals surface area contributed by atoms with Gasteiger partial charge in [0.2, 0.25) is 0 Å². The topological polar surface area (TPSA) is 45.2 Å². The van der Waals surface area contributed by atoms with Crippen LogP contribution in [0.25, 0.3) is 0 Å². The van der Waals surface area contributed by atoms with E-state index < -0.39 is 11.4 Å². The number of carbonyl (C=O) groups excluding carboxylic acids is 1. The Hall–Kier alpha value is -1.58. The number of aromatic nitrogens is 1. The molecule has 1 amide bonds. The van der Waals surface area contributed by atoms with Crippen LogP contribution in [0.3, 0.4) is 0 Å². The molecule has 4 nitrogen and oxygen atoms in total. The zero-order valence-corrected chi connectivity index (χ0v) is 17.0. The molecule has 1 N–H and O–H groups in total. The van der Waals surface area contributed by atoms with E-state index in [1.165, 1.54) is 18.3 Å². The minimum absolute atomic E-state index is 0.0202. The highest BCUT2D eigenvalue weighted by Gasteiger charge is 2.32. The molecule has 1 fully saturated rings. The number of likely N-dealkylation sites (tertiary alicyclic amines) is 1. The van der Waals surface area contributed by atoms with Crippen LogP contribution in [0.1, 0.15) is 41.0 Å². The molecule has 0 spiro atoms. The van der Waals surface area contributed by atoms with Gasteiger partial charge in [-0.05, 0) is 55.4 Å². The Bertz CT molecular complexity index is 775. The van der Waals surface area contributed by atoms with Crippen molar-refractivity contribution in [2.45, 2.75) is 36.3 Å². The minimum Gasteiger partial charge on any atom is -0.350 e. The Morgan fingerprint density at radius 1 is 1.36 bits per heavy atom. The number of piperidine rings is 1. The zero-order valence-electron chi connectivity index (χ0n) is 15.4. The van der Waals surface area contributed by atoms with E-state index in [1.54, 1.807) is 11.3 Å². The van der Waals surface area contributed by atoms with E-state index in [1.807, 2.05) is 17.5 Å². The maximum absolute atomic E-state index is 12.7. The number of carbonyl (C=O) groups is 1. The van der Waals surface area contributed by atoms with Gasteiger partial charge >= 0.3 is 5.51 Å². The summed E-state index contributed by atoms with van der Waals surface area (Å²) in [5.74, 6) is 0.152. The number of amides is 1. The number of nitrogens with one attached hydrogen (secondary N) is 1. The summed E-state index contributed by atoms with van der Waals surface area (Å²) in [6.45, 7) is 4.48. The second-order valence-electron chi connectivity index (χ2n) is 6.86. The van der Waals surface area contributed by atoms with Crippen molar-refractivity contribution in [1.29, 1.82) is 0 Å². The molecule has 0 aliphatic carbocycles. The fourth-order valence-electron chi connectivity index (χ4n) is 3.27. The molecule has 2 aromatic heterocycles. The second-order valence-corrected chi connectivity index (χ2v) is 8.90. The number of nitrogens with zero attached hydrogens (tertiary/aromatic N) is 2. The van der Waals surface area contributed by atoms with Crippen LogP contribution in [0.4, 0.5) is 13.2 Å². The molecule has 3 rings (SSSR count). The molecule has 0 saturated carbocycles. The third kappa shape index (κ3) is 5.71. The van der Waals surface area contributed by atoms with Gasteiger partial charge in [0.1, 0.15) is 5.03 Å². The van der Waals surface area contributed by atoms with Gasteiger partial charge in [0.15, 0.2) is 0 Å². The van der Waals surface area contributed by atoms with Gasteiger partial charge in [0.25, 0.3) is 5.91 Å². The highest BCUT2D eigenvalue weighted by Crippen LogP contribution is 2.37. The molecule has 0 radical (unpaired) electrons. The number of hydrogen-bond donors (Lipinski definition) is 1. The van der Waals surface area contributed by atoms with Crippen molar-refractivity contribution in [3.8, 4) is 0 Å². The molecule has 1 atom stereocenters. The van der Waals surface area contributed by atoms with Gasteiger partial charge in [-0.2, -0.15) is 13.2 Å². The molecule has 152 valence electrons. The molecule has 1 aliphatic heterocycles.